The van der Waals surface area contributed by atoms with E-state index in [1.807, 2.05) is 4.90 Å². The van der Waals surface area contributed by atoms with E-state index in [2.05, 4.69) is 9.97 Å². The number of alkyl halides is 3. The molecule has 2 aromatic rings. The Labute approximate surface area is 165 Å². The maximum atomic E-state index is 13.2. The number of para-hydroxylation sites is 1. The Hall–Kier alpha value is -1.83. The summed E-state index contributed by atoms with van der Waals surface area (Å²) in [4.78, 5) is 22.2. The molecule has 1 saturated heterocycles. The van der Waals surface area contributed by atoms with Gasteiger partial charge in [-0.05, 0) is 37.7 Å². The third-order valence-electron chi connectivity index (χ3n) is 5.72. The number of hydrogen-bond donors (Lipinski definition) is 0. The molecule has 4 rings (SSSR count). The Morgan fingerprint density at radius 3 is 2.68 bits per heavy atom. The number of halogens is 3. The molecular formula is C20H22F3N3OS. The summed E-state index contributed by atoms with van der Waals surface area (Å²) < 4.78 is 39.5. The van der Waals surface area contributed by atoms with Crippen LogP contribution in [0.25, 0.3) is 10.9 Å². The molecule has 8 heteroatoms. The number of aromatic nitrogens is 2. The maximum absolute atomic E-state index is 13.2. The second-order valence-electron chi connectivity index (χ2n) is 7.50. The van der Waals surface area contributed by atoms with Crippen LogP contribution in [0.4, 0.5) is 13.2 Å². The Bertz CT molecular complexity index is 871. The second kappa shape index (κ2) is 7.89. The summed E-state index contributed by atoms with van der Waals surface area (Å²) >= 11 is 1.08. The number of likely N-dealkylation sites (tertiary alicyclic amines) is 1. The molecule has 2 aliphatic rings. The summed E-state index contributed by atoms with van der Waals surface area (Å²) in [5.74, 6) is -0.487. The number of hydrogen-bond acceptors (Lipinski definition) is 4. The van der Waals surface area contributed by atoms with Crippen LogP contribution in [0, 0.1) is 5.92 Å². The van der Waals surface area contributed by atoms with Gasteiger partial charge in [0.05, 0.1) is 11.3 Å². The summed E-state index contributed by atoms with van der Waals surface area (Å²) in [6, 6.07) is 6.91. The van der Waals surface area contributed by atoms with Crippen molar-refractivity contribution in [2.24, 2.45) is 5.92 Å². The molecule has 2 heterocycles. The Balaban J connectivity index is 1.54. The Kier molecular flexibility index (Phi) is 5.49. The SMILES string of the molecule is O=C(CSc1nc(C(F)(F)F)nc2ccccc12)N1CCCC2CCCCC21. The molecule has 0 radical (unpaired) electrons. The van der Waals surface area contributed by atoms with Gasteiger partial charge in [-0.3, -0.25) is 4.79 Å². The van der Waals surface area contributed by atoms with Crippen molar-refractivity contribution >= 4 is 28.6 Å². The molecular weight excluding hydrogens is 387 g/mol. The first-order chi connectivity index (χ1) is 13.4. The number of rotatable bonds is 3. The Morgan fingerprint density at radius 2 is 1.86 bits per heavy atom. The van der Waals surface area contributed by atoms with E-state index in [9.17, 15) is 18.0 Å². The van der Waals surface area contributed by atoms with Crippen molar-refractivity contribution in [2.45, 2.75) is 55.8 Å². The van der Waals surface area contributed by atoms with Crippen molar-refractivity contribution in [3.05, 3.63) is 30.1 Å². The highest BCUT2D eigenvalue weighted by atomic mass is 32.2. The Morgan fingerprint density at radius 1 is 1.11 bits per heavy atom. The molecule has 0 N–H and O–H groups in total. The second-order valence-corrected chi connectivity index (χ2v) is 8.46. The van der Waals surface area contributed by atoms with Crippen molar-refractivity contribution in [3.8, 4) is 0 Å². The minimum Gasteiger partial charge on any atom is -0.339 e. The number of nitrogens with zero attached hydrogens (tertiary/aromatic N) is 3. The molecule has 1 saturated carbocycles. The van der Waals surface area contributed by atoms with Crippen molar-refractivity contribution < 1.29 is 18.0 Å². The number of amides is 1. The van der Waals surface area contributed by atoms with Crippen LogP contribution in [0.5, 0.6) is 0 Å². The molecule has 1 aliphatic carbocycles. The van der Waals surface area contributed by atoms with Crippen molar-refractivity contribution in [3.63, 3.8) is 0 Å². The average Bonchev–Trinajstić information content (AvgIpc) is 2.70. The lowest BCUT2D eigenvalue weighted by Gasteiger charge is -2.44. The fraction of sp³-hybridized carbons (Fsp3) is 0.550. The van der Waals surface area contributed by atoms with Gasteiger partial charge in [-0.2, -0.15) is 13.2 Å². The van der Waals surface area contributed by atoms with Crippen LogP contribution < -0.4 is 0 Å². The van der Waals surface area contributed by atoms with E-state index in [1.165, 1.54) is 25.3 Å². The lowest BCUT2D eigenvalue weighted by atomic mass is 9.78. The lowest BCUT2D eigenvalue weighted by molar-refractivity contribution is -0.145. The zero-order valence-corrected chi connectivity index (χ0v) is 16.2. The molecule has 0 spiro atoms. The van der Waals surface area contributed by atoms with Gasteiger partial charge in [0.15, 0.2) is 0 Å². The highest BCUT2D eigenvalue weighted by Crippen LogP contribution is 2.36. The van der Waals surface area contributed by atoms with Crippen molar-refractivity contribution in [1.82, 2.24) is 14.9 Å². The topological polar surface area (TPSA) is 46.1 Å². The number of carbonyl (C=O) groups excluding carboxylic acids is 1. The summed E-state index contributed by atoms with van der Waals surface area (Å²) in [5, 5.41) is 0.756. The van der Waals surface area contributed by atoms with Crippen LogP contribution in [0.1, 0.15) is 44.3 Å². The van der Waals surface area contributed by atoms with E-state index in [4.69, 9.17) is 0 Å². The fourth-order valence-electron chi connectivity index (χ4n) is 4.43. The minimum atomic E-state index is -4.62. The smallest absolute Gasteiger partial charge is 0.339 e. The normalized spacial score (nSPS) is 22.9. The molecule has 1 aromatic carbocycles. The zero-order chi connectivity index (χ0) is 19.7. The molecule has 1 aromatic heterocycles. The van der Waals surface area contributed by atoms with Gasteiger partial charge in [0.1, 0.15) is 5.03 Å². The molecule has 1 aliphatic heterocycles. The average molecular weight is 409 g/mol. The van der Waals surface area contributed by atoms with Gasteiger partial charge in [-0.25, -0.2) is 9.97 Å². The number of benzene rings is 1. The van der Waals surface area contributed by atoms with Crippen LogP contribution in [0.3, 0.4) is 0 Å². The van der Waals surface area contributed by atoms with E-state index in [0.29, 0.717) is 17.3 Å². The van der Waals surface area contributed by atoms with Crippen LogP contribution >= 0.6 is 11.8 Å². The van der Waals surface area contributed by atoms with E-state index in [-0.39, 0.29) is 22.2 Å². The summed E-state index contributed by atoms with van der Waals surface area (Å²) in [6.07, 6.45) is 2.14. The van der Waals surface area contributed by atoms with Gasteiger partial charge in [0.2, 0.25) is 11.7 Å². The van der Waals surface area contributed by atoms with Gasteiger partial charge in [0, 0.05) is 18.0 Å². The van der Waals surface area contributed by atoms with Crippen LogP contribution in [0.2, 0.25) is 0 Å². The highest BCUT2D eigenvalue weighted by Gasteiger charge is 2.37. The van der Waals surface area contributed by atoms with E-state index in [1.54, 1.807) is 18.2 Å². The van der Waals surface area contributed by atoms with Gasteiger partial charge in [0.25, 0.3) is 0 Å². The molecule has 2 atom stereocenters. The highest BCUT2D eigenvalue weighted by molar-refractivity contribution is 8.00. The first kappa shape index (κ1) is 19.5. The van der Waals surface area contributed by atoms with Gasteiger partial charge in [-0.1, -0.05) is 42.8 Å². The zero-order valence-electron chi connectivity index (χ0n) is 15.4. The third kappa shape index (κ3) is 3.97. The van der Waals surface area contributed by atoms with E-state index >= 15 is 0 Å². The largest absolute Gasteiger partial charge is 0.451 e. The van der Waals surface area contributed by atoms with Gasteiger partial charge in [-0.15, -0.1) is 0 Å². The molecule has 0 bridgehead atoms. The quantitative estimate of drug-likeness (QED) is 0.533. The van der Waals surface area contributed by atoms with Crippen LogP contribution in [-0.4, -0.2) is 39.1 Å². The number of thioether (sulfide) groups is 1. The minimum absolute atomic E-state index is 0.00199. The van der Waals surface area contributed by atoms with Gasteiger partial charge < -0.3 is 4.90 Å². The third-order valence-corrected chi connectivity index (χ3v) is 6.69. The standard InChI is InChI=1S/C20H22F3N3OS/c21-20(22,23)19-24-15-9-3-2-8-14(15)18(25-19)28-12-17(27)26-11-5-7-13-6-1-4-10-16(13)26/h2-3,8-9,13,16H,1,4-7,10-12H2. The predicted octanol–water partition coefficient (Wildman–Crippen LogP) is 4.92. The first-order valence-electron chi connectivity index (χ1n) is 9.70. The van der Waals surface area contributed by atoms with Crippen LogP contribution in [-0.2, 0) is 11.0 Å². The maximum Gasteiger partial charge on any atom is 0.451 e. The molecule has 150 valence electrons. The monoisotopic (exact) mass is 409 g/mol. The van der Waals surface area contributed by atoms with E-state index in [0.717, 1.165) is 37.6 Å². The molecule has 28 heavy (non-hydrogen) atoms. The predicted molar refractivity (Wildman–Crippen MR) is 102 cm³/mol. The molecule has 1 amide bonds. The van der Waals surface area contributed by atoms with Crippen molar-refractivity contribution in [1.29, 1.82) is 0 Å². The van der Waals surface area contributed by atoms with Gasteiger partial charge >= 0.3 is 6.18 Å². The number of piperidine rings is 1. The molecule has 2 fully saturated rings. The molecule has 4 nitrogen and oxygen atoms in total. The summed E-state index contributed by atoms with van der Waals surface area (Å²) in [7, 11) is 0. The van der Waals surface area contributed by atoms with Crippen molar-refractivity contribution in [2.75, 3.05) is 12.3 Å². The first-order valence-corrected chi connectivity index (χ1v) is 10.7. The fourth-order valence-corrected chi connectivity index (χ4v) is 5.34. The van der Waals surface area contributed by atoms with E-state index < -0.39 is 12.0 Å². The summed E-state index contributed by atoms with van der Waals surface area (Å²) in [6.45, 7) is 0.749. The number of fused-ring (bicyclic) bond motifs is 2. The lowest BCUT2D eigenvalue weighted by Crippen LogP contribution is -2.50. The number of carbonyl (C=O) groups is 1. The van der Waals surface area contributed by atoms with Crippen LogP contribution in [0.15, 0.2) is 29.3 Å². The molecule has 2 unspecified atom stereocenters. The summed E-state index contributed by atoms with van der Waals surface area (Å²) in [5.41, 5.74) is 0.241.